The van der Waals surface area contributed by atoms with Gasteiger partial charge in [-0.25, -0.2) is 4.98 Å². The highest BCUT2D eigenvalue weighted by Crippen LogP contribution is 2.23. The second-order valence-electron chi connectivity index (χ2n) is 5.53. The van der Waals surface area contributed by atoms with Crippen LogP contribution in [0.15, 0.2) is 41.0 Å². The molecule has 1 aromatic heterocycles. The first kappa shape index (κ1) is 13.3. The summed E-state index contributed by atoms with van der Waals surface area (Å²) in [6.45, 7) is 4.62. The van der Waals surface area contributed by atoms with Gasteiger partial charge in [0.2, 0.25) is 5.89 Å². The number of hydrogen-bond acceptors (Lipinski definition) is 4. The van der Waals surface area contributed by atoms with Gasteiger partial charge in [0.15, 0.2) is 0 Å². The van der Waals surface area contributed by atoms with Crippen LogP contribution in [0.5, 0.6) is 0 Å². The second kappa shape index (κ2) is 5.77. The third-order valence-electron chi connectivity index (χ3n) is 3.95. The fourth-order valence-corrected chi connectivity index (χ4v) is 2.72. The molecule has 2 unspecified atom stereocenters. The molecule has 4 heteroatoms. The van der Waals surface area contributed by atoms with Crippen molar-refractivity contribution in [3.63, 3.8) is 0 Å². The summed E-state index contributed by atoms with van der Waals surface area (Å²) in [5.41, 5.74) is 1.96. The van der Waals surface area contributed by atoms with Crippen LogP contribution in [0, 0.1) is 5.92 Å². The van der Waals surface area contributed by atoms with Crippen LogP contribution >= 0.6 is 0 Å². The van der Waals surface area contributed by atoms with Gasteiger partial charge >= 0.3 is 0 Å². The minimum Gasteiger partial charge on any atom is -0.444 e. The minimum atomic E-state index is -0.225. The molecule has 0 amide bonds. The third kappa shape index (κ3) is 2.92. The van der Waals surface area contributed by atoms with E-state index in [2.05, 4.69) is 9.88 Å². The maximum atomic E-state index is 9.63. The largest absolute Gasteiger partial charge is 0.444 e. The molecule has 2 aromatic rings. The molecule has 0 aliphatic carbocycles. The molecule has 1 saturated heterocycles. The van der Waals surface area contributed by atoms with E-state index in [9.17, 15) is 5.11 Å². The van der Waals surface area contributed by atoms with Crippen molar-refractivity contribution in [1.29, 1.82) is 0 Å². The SMILES string of the molecule is CC(O)C1CCN(Cc2coc(-c3ccccc3)n2)C1. The summed E-state index contributed by atoms with van der Waals surface area (Å²) < 4.78 is 5.55. The summed E-state index contributed by atoms with van der Waals surface area (Å²) in [5.74, 6) is 1.06. The number of aliphatic hydroxyl groups is 1. The van der Waals surface area contributed by atoms with Crippen LogP contribution in [-0.2, 0) is 6.54 Å². The summed E-state index contributed by atoms with van der Waals surface area (Å²) in [4.78, 5) is 6.87. The van der Waals surface area contributed by atoms with Crippen molar-refractivity contribution < 1.29 is 9.52 Å². The Balaban J connectivity index is 1.64. The molecule has 0 bridgehead atoms. The first-order valence-corrected chi connectivity index (χ1v) is 7.12. The molecule has 0 radical (unpaired) electrons. The van der Waals surface area contributed by atoms with Gasteiger partial charge in [-0.2, -0.15) is 0 Å². The van der Waals surface area contributed by atoms with E-state index in [1.165, 1.54) is 0 Å². The Morgan fingerprint density at radius 2 is 2.20 bits per heavy atom. The molecule has 106 valence electrons. The fourth-order valence-electron chi connectivity index (χ4n) is 2.72. The molecule has 4 nitrogen and oxygen atoms in total. The lowest BCUT2D eigenvalue weighted by Crippen LogP contribution is -2.24. The smallest absolute Gasteiger partial charge is 0.226 e. The van der Waals surface area contributed by atoms with E-state index >= 15 is 0 Å². The van der Waals surface area contributed by atoms with E-state index < -0.39 is 0 Å². The summed E-state index contributed by atoms with van der Waals surface area (Å²) in [7, 11) is 0. The molecule has 2 atom stereocenters. The number of aromatic nitrogens is 1. The van der Waals surface area contributed by atoms with Crippen molar-refractivity contribution in [2.45, 2.75) is 26.0 Å². The van der Waals surface area contributed by atoms with Crippen molar-refractivity contribution in [3.05, 3.63) is 42.3 Å². The number of benzene rings is 1. The van der Waals surface area contributed by atoms with Crippen molar-refractivity contribution >= 4 is 0 Å². The zero-order chi connectivity index (χ0) is 13.9. The van der Waals surface area contributed by atoms with Gasteiger partial charge in [-0.15, -0.1) is 0 Å². The first-order chi connectivity index (χ1) is 9.72. The molecule has 1 aromatic carbocycles. The highest BCUT2D eigenvalue weighted by Gasteiger charge is 2.26. The van der Waals surface area contributed by atoms with Gasteiger partial charge in [-0.05, 0) is 37.9 Å². The number of hydrogen-bond donors (Lipinski definition) is 1. The van der Waals surface area contributed by atoms with E-state index in [0.29, 0.717) is 11.8 Å². The molecule has 20 heavy (non-hydrogen) atoms. The Hall–Kier alpha value is -1.65. The number of rotatable bonds is 4. The summed E-state index contributed by atoms with van der Waals surface area (Å²) in [6.07, 6.45) is 2.57. The average molecular weight is 272 g/mol. The molecule has 0 saturated carbocycles. The van der Waals surface area contributed by atoms with E-state index in [1.807, 2.05) is 37.3 Å². The molecule has 1 fully saturated rings. The average Bonchev–Trinajstić information content (AvgIpc) is 3.10. The standard InChI is InChI=1S/C16H20N2O2/c1-12(19)14-7-8-18(9-14)10-15-11-20-16(17-15)13-5-3-2-4-6-13/h2-6,11-12,14,19H,7-10H2,1H3. The Morgan fingerprint density at radius 1 is 1.40 bits per heavy atom. The Morgan fingerprint density at radius 3 is 2.90 bits per heavy atom. The predicted molar refractivity (Wildman–Crippen MR) is 77.0 cm³/mol. The Labute approximate surface area is 119 Å². The Kier molecular flexibility index (Phi) is 3.85. The predicted octanol–water partition coefficient (Wildman–Crippen LogP) is 2.54. The van der Waals surface area contributed by atoms with Gasteiger partial charge in [0.25, 0.3) is 0 Å². The van der Waals surface area contributed by atoms with E-state index in [1.54, 1.807) is 6.26 Å². The van der Waals surface area contributed by atoms with Gasteiger partial charge < -0.3 is 9.52 Å². The zero-order valence-corrected chi connectivity index (χ0v) is 11.7. The second-order valence-corrected chi connectivity index (χ2v) is 5.53. The molecule has 0 spiro atoms. The van der Waals surface area contributed by atoms with Gasteiger partial charge in [-0.3, -0.25) is 4.90 Å². The zero-order valence-electron chi connectivity index (χ0n) is 11.7. The summed E-state index contributed by atoms with van der Waals surface area (Å²) in [6, 6.07) is 9.93. The summed E-state index contributed by atoms with van der Waals surface area (Å²) in [5, 5.41) is 9.63. The van der Waals surface area contributed by atoms with Crippen LogP contribution in [0.3, 0.4) is 0 Å². The van der Waals surface area contributed by atoms with E-state index in [4.69, 9.17) is 4.42 Å². The molecule has 1 aliphatic rings. The first-order valence-electron chi connectivity index (χ1n) is 7.12. The van der Waals surface area contributed by atoms with Gasteiger partial charge in [0.1, 0.15) is 6.26 Å². The molecular weight excluding hydrogens is 252 g/mol. The van der Waals surface area contributed by atoms with Gasteiger partial charge in [0, 0.05) is 18.7 Å². The molecule has 1 aliphatic heterocycles. The van der Waals surface area contributed by atoms with Crippen LogP contribution in [0.2, 0.25) is 0 Å². The topological polar surface area (TPSA) is 49.5 Å². The van der Waals surface area contributed by atoms with Crippen LogP contribution < -0.4 is 0 Å². The lowest BCUT2D eigenvalue weighted by molar-refractivity contribution is 0.127. The Bertz CT molecular complexity index is 551. The fraction of sp³-hybridized carbons (Fsp3) is 0.438. The maximum absolute atomic E-state index is 9.63. The molecular formula is C16H20N2O2. The van der Waals surface area contributed by atoms with Gasteiger partial charge in [0.05, 0.1) is 11.8 Å². The highest BCUT2D eigenvalue weighted by atomic mass is 16.3. The quantitative estimate of drug-likeness (QED) is 0.929. The van der Waals surface area contributed by atoms with Crippen molar-refractivity contribution in [2.75, 3.05) is 13.1 Å². The van der Waals surface area contributed by atoms with Crippen molar-refractivity contribution in [1.82, 2.24) is 9.88 Å². The monoisotopic (exact) mass is 272 g/mol. The number of aliphatic hydroxyl groups excluding tert-OH is 1. The number of nitrogens with zero attached hydrogens (tertiary/aromatic N) is 2. The van der Waals surface area contributed by atoms with Crippen LogP contribution in [0.4, 0.5) is 0 Å². The van der Waals surface area contributed by atoms with E-state index in [0.717, 1.165) is 37.3 Å². The maximum Gasteiger partial charge on any atom is 0.226 e. The number of oxazole rings is 1. The minimum absolute atomic E-state index is 0.225. The lowest BCUT2D eigenvalue weighted by Gasteiger charge is -2.15. The normalized spacial score (nSPS) is 21.2. The van der Waals surface area contributed by atoms with E-state index in [-0.39, 0.29) is 6.10 Å². The summed E-state index contributed by atoms with van der Waals surface area (Å²) >= 11 is 0. The molecule has 3 rings (SSSR count). The van der Waals surface area contributed by atoms with Crippen molar-refractivity contribution in [3.8, 4) is 11.5 Å². The van der Waals surface area contributed by atoms with Crippen LogP contribution in [-0.4, -0.2) is 34.2 Å². The number of likely N-dealkylation sites (tertiary alicyclic amines) is 1. The highest BCUT2D eigenvalue weighted by molar-refractivity contribution is 5.52. The lowest BCUT2D eigenvalue weighted by atomic mass is 10.0. The van der Waals surface area contributed by atoms with Crippen LogP contribution in [0.1, 0.15) is 19.0 Å². The molecule has 2 heterocycles. The van der Waals surface area contributed by atoms with Gasteiger partial charge in [-0.1, -0.05) is 18.2 Å². The molecule has 1 N–H and O–H groups in total. The van der Waals surface area contributed by atoms with Crippen LogP contribution in [0.25, 0.3) is 11.5 Å². The third-order valence-corrected chi connectivity index (χ3v) is 3.95. The van der Waals surface area contributed by atoms with Crippen molar-refractivity contribution in [2.24, 2.45) is 5.92 Å².